The number of imide groups is 1. The summed E-state index contributed by atoms with van der Waals surface area (Å²) in [7, 11) is 1.52. The summed E-state index contributed by atoms with van der Waals surface area (Å²) in [4.78, 5) is 26.4. The maximum atomic E-state index is 12.8. The molecule has 27 heavy (non-hydrogen) atoms. The molecular weight excluding hydrogens is 412 g/mol. The number of benzene rings is 1. The van der Waals surface area contributed by atoms with Crippen LogP contribution in [-0.2, 0) is 4.79 Å². The minimum absolute atomic E-state index is 0.0158. The molecule has 1 saturated heterocycles. The fourth-order valence-electron chi connectivity index (χ4n) is 3.46. The molecule has 3 rings (SSSR count). The molecule has 0 atom stereocenters. The molecule has 0 spiro atoms. The van der Waals surface area contributed by atoms with E-state index in [9.17, 15) is 9.59 Å². The van der Waals surface area contributed by atoms with Crippen LogP contribution in [0.1, 0.15) is 37.7 Å². The van der Waals surface area contributed by atoms with Gasteiger partial charge in [-0.1, -0.05) is 25.2 Å². The third kappa shape index (κ3) is 4.11. The number of ether oxygens (including phenoxy) is 2. The molecule has 142 valence electrons. The predicted molar refractivity (Wildman–Crippen MR) is 105 cm³/mol. The highest BCUT2D eigenvalue weighted by Crippen LogP contribution is 2.37. The van der Waals surface area contributed by atoms with Crippen LogP contribution in [0, 0.1) is 12.3 Å². The zero-order valence-electron chi connectivity index (χ0n) is 15.1. The molecule has 1 aliphatic heterocycles. The number of terminal acetylenes is 1. The van der Waals surface area contributed by atoms with Crippen molar-refractivity contribution in [1.29, 1.82) is 0 Å². The van der Waals surface area contributed by atoms with Gasteiger partial charge in [0.25, 0.3) is 5.91 Å². The maximum absolute atomic E-state index is 12.8. The normalized spacial score (nSPS) is 19.1. The Kier molecular flexibility index (Phi) is 6.07. The molecule has 0 aromatic heterocycles. The second-order valence-electron chi connectivity index (χ2n) is 6.48. The van der Waals surface area contributed by atoms with E-state index in [1.165, 1.54) is 12.0 Å². The Balaban J connectivity index is 1.86. The standard InChI is InChI=1S/C20H21BrN2O4/c1-3-9-27-18-15(21)10-13(12-17(18)26-2)11-16-19(24)23(20(25)22-16)14-7-5-4-6-8-14/h1,10-12,14H,4-9H2,2H3,(H,22,25)/b16-11-. The lowest BCUT2D eigenvalue weighted by Gasteiger charge is -2.28. The molecule has 2 aliphatic rings. The summed E-state index contributed by atoms with van der Waals surface area (Å²) >= 11 is 3.43. The molecular formula is C20H21BrN2O4. The summed E-state index contributed by atoms with van der Waals surface area (Å²) in [6.45, 7) is 0.111. The monoisotopic (exact) mass is 432 g/mol. The molecule has 1 aromatic carbocycles. The molecule has 1 aromatic rings. The van der Waals surface area contributed by atoms with Gasteiger partial charge in [-0.05, 0) is 52.5 Å². The number of nitrogens with one attached hydrogen (secondary N) is 1. The Hall–Kier alpha value is -2.46. The number of amides is 3. The van der Waals surface area contributed by atoms with Crippen LogP contribution in [0.2, 0.25) is 0 Å². The first-order chi connectivity index (χ1) is 13.0. The second-order valence-corrected chi connectivity index (χ2v) is 7.34. The molecule has 1 heterocycles. The Morgan fingerprint density at radius 1 is 1.33 bits per heavy atom. The minimum atomic E-state index is -0.349. The number of hydrogen-bond donors (Lipinski definition) is 1. The summed E-state index contributed by atoms with van der Waals surface area (Å²) in [6.07, 6.45) is 11.9. The molecule has 0 unspecified atom stereocenters. The summed E-state index contributed by atoms with van der Waals surface area (Å²) in [5, 5.41) is 2.69. The fraction of sp³-hybridized carbons (Fsp3) is 0.400. The SMILES string of the molecule is C#CCOc1c(Br)cc(/C=C2\NC(=O)N(C3CCCCC3)C2=O)cc1OC. The van der Waals surface area contributed by atoms with Crippen LogP contribution in [-0.4, -0.2) is 36.6 Å². The largest absolute Gasteiger partial charge is 0.493 e. The summed E-state index contributed by atoms with van der Waals surface area (Å²) in [5.41, 5.74) is 0.956. The van der Waals surface area contributed by atoms with Crippen LogP contribution >= 0.6 is 15.9 Å². The van der Waals surface area contributed by atoms with E-state index in [-0.39, 0.29) is 30.3 Å². The first kappa shape index (κ1) is 19.3. The lowest BCUT2D eigenvalue weighted by Crippen LogP contribution is -2.41. The average Bonchev–Trinajstić information content (AvgIpc) is 2.94. The van der Waals surface area contributed by atoms with Gasteiger partial charge in [0, 0.05) is 6.04 Å². The second kappa shape index (κ2) is 8.49. The van der Waals surface area contributed by atoms with Crippen LogP contribution in [0.5, 0.6) is 11.5 Å². The summed E-state index contributed by atoms with van der Waals surface area (Å²) < 4.78 is 11.5. The number of hydrogen-bond acceptors (Lipinski definition) is 4. The lowest BCUT2D eigenvalue weighted by molar-refractivity contribution is -0.124. The van der Waals surface area contributed by atoms with Crippen molar-refractivity contribution in [2.75, 3.05) is 13.7 Å². The van der Waals surface area contributed by atoms with E-state index in [1.807, 2.05) is 0 Å². The third-order valence-electron chi connectivity index (χ3n) is 4.71. The molecule has 0 radical (unpaired) electrons. The molecule has 6 nitrogen and oxygen atoms in total. The van der Waals surface area contributed by atoms with E-state index in [0.717, 1.165) is 32.1 Å². The van der Waals surface area contributed by atoms with Crippen LogP contribution in [0.15, 0.2) is 22.3 Å². The van der Waals surface area contributed by atoms with E-state index in [4.69, 9.17) is 15.9 Å². The van der Waals surface area contributed by atoms with E-state index >= 15 is 0 Å². The van der Waals surface area contributed by atoms with Crippen molar-refractivity contribution in [2.45, 2.75) is 38.1 Å². The van der Waals surface area contributed by atoms with Gasteiger partial charge in [0.1, 0.15) is 12.3 Å². The van der Waals surface area contributed by atoms with Crippen LogP contribution < -0.4 is 14.8 Å². The number of carbonyl (C=O) groups excluding carboxylic acids is 2. The topological polar surface area (TPSA) is 67.9 Å². The quantitative estimate of drug-likeness (QED) is 0.437. The number of nitrogens with zero attached hydrogens (tertiary/aromatic N) is 1. The maximum Gasteiger partial charge on any atom is 0.329 e. The Morgan fingerprint density at radius 3 is 2.74 bits per heavy atom. The first-order valence-electron chi connectivity index (χ1n) is 8.85. The first-order valence-corrected chi connectivity index (χ1v) is 9.64. The molecule has 3 amide bonds. The van der Waals surface area contributed by atoms with Crippen LogP contribution in [0.3, 0.4) is 0 Å². The third-order valence-corrected chi connectivity index (χ3v) is 5.30. The Labute approximate surface area is 167 Å². The predicted octanol–water partition coefficient (Wildman–Crippen LogP) is 3.70. The van der Waals surface area contributed by atoms with E-state index in [2.05, 4.69) is 27.2 Å². The van der Waals surface area contributed by atoms with Gasteiger partial charge < -0.3 is 14.8 Å². The van der Waals surface area contributed by atoms with Crippen LogP contribution in [0.4, 0.5) is 4.79 Å². The highest BCUT2D eigenvalue weighted by atomic mass is 79.9. The fourth-order valence-corrected chi connectivity index (χ4v) is 4.04. The molecule has 0 bridgehead atoms. The van der Waals surface area contributed by atoms with Crippen molar-refractivity contribution >= 4 is 33.9 Å². The number of halogens is 1. The van der Waals surface area contributed by atoms with E-state index < -0.39 is 0 Å². The van der Waals surface area contributed by atoms with Gasteiger partial charge in [-0.15, -0.1) is 6.42 Å². The van der Waals surface area contributed by atoms with Crippen molar-refractivity contribution in [3.63, 3.8) is 0 Å². The molecule has 2 fully saturated rings. The van der Waals surface area contributed by atoms with Crippen molar-refractivity contribution in [1.82, 2.24) is 10.2 Å². The highest BCUT2D eigenvalue weighted by Gasteiger charge is 2.38. The molecule has 1 aliphatic carbocycles. The average molecular weight is 433 g/mol. The van der Waals surface area contributed by atoms with Crippen molar-refractivity contribution in [3.05, 3.63) is 27.9 Å². The number of urea groups is 1. The van der Waals surface area contributed by atoms with Gasteiger partial charge in [-0.25, -0.2) is 4.79 Å². The van der Waals surface area contributed by atoms with Gasteiger partial charge in [0.15, 0.2) is 11.5 Å². The zero-order valence-corrected chi connectivity index (χ0v) is 16.7. The van der Waals surface area contributed by atoms with Crippen molar-refractivity contribution in [3.8, 4) is 23.8 Å². The summed E-state index contributed by atoms with van der Waals surface area (Å²) in [6, 6.07) is 3.15. The van der Waals surface area contributed by atoms with E-state index in [0.29, 0.717) is 21.5 Å². The van der Waals surface area contributed by atoms with Gasteiger partial charge in [0.2, 0.25) is 0 Å². The Morgan fingerprint density at radius 2 is 2.07 bits per heavy atom. The van der Waals surface area contributed by atoms with Gasteiger partial charge >= 0.3 is 6.03 Å². The molecule has 1 N–H and O–H groups in total. The minimum Gasteiger partial charge on any atom is -0.493 e. The van der Waals surface area contributed by atoms with Crippen LogP contribution in [0.25, 0.3) is 6.08 Å². The Bertz CT molecular complexity index is 822. The molecule has 7 heteroatoms. The smallest absolute Gasteiger partial charge is 0.329 e. The lowest BCUT2D eigenvalue weighted by atomic mass is 9.94. The van der Waals surface area contributed by atoms with Gasteiger partial charge in [-0.2, -0.15) is 0 Å². The summed E-state index contributed by atoms with van der Waals surface area (Å²) in [5.74, 6) is 3.09. The zero-order chi connectivity index (χ0) is 19.4. The number of rotatable bonds is 5. The number of carbonyl (C=O) groups is 2. The van der Waals surface area contributed by atoms with Gasteiger partial charge in [0.05, 0.1) is 11.6 Å². The molecule has 1 saturated carbocycles. The van der Waals surface area contributed by atoms with Crippen molar-refractivity contribution in [2.24, 2.45) is 0 Å². The highest BCUT2D eigenvalue weighted by molar-refractivity contribution is 9.10. The van der Waals surface area contributed by atoms with Crippen molar-refractivity contribution < 1.29 is 19.1 Å². The van der Waals surface area contributed by atoms with Gasteiger partial charge in [-0.3, -0.25) is 9.69 Å². The van der Waals surface area contributed by atoms with E-state index in [1.54, 1.807) is 18.2 Å². The number of methoxy groups -OCH3 is 1.